The van der Waals surface area contributed by atoms with Gasteiger partial charge in [0.05, 0.1) is 12.4 Å². The smallest absolute Gasteiger partial charge is 0.274 e. The number of carbonyl (C=O) groups is 1. The van der Waals surface area contributed by atoms with Crippen molar-refractivity contribution in [3.05, 3.63) is 52.4 Å². The molecule has 2 aromatic rings. The number of aromatic nitrogens is 2. The van der Waals surface area contributed by atoms with E-state index in [9.17, 15) is 4.79 Å². The molecule has 0 unspecified atom stereocenters. The number of nitrogens with one attached hydrogen (secondary N) is 1. The third-order valence-corrected chi connectivity index (χ3v) is 3.23. The van der Waals surface area contributed by atoms with Crippen LogP contribution in [0.3, 0.4) is 0 Å². The van der Waals surface area contributed by atoms with Gasteiger partial charge in [-0.15, -0.1) is 0 Å². The third-order valence-electron chi connectivity index (χ3n) is 2.70. The minimum absolute atomic E-state index is 0.191. The highest BCUT2D eigenvalue weighted by Gasteiger charge is 2.13. The maximum Gasteiger partial charge on any atom is 0.274 e. The lowest BCUT2D eigenvalue weighted by Gasteiger charge is -2.16. The molecule has 20 heavy (non-hydrogen) atoms. The molecule has 1 amide bonds. The molecule has 3 N–H and O–H groups in total. The highest BCUT2D eigenvalue weighted by Crippen LogP contribution is 2.12. The monoisotopic (exact) mass is 335 g/mol. The summed E-state index contributed by atoms with van der Waals surface area (Å²) in [5.74, 6) is 5.42. The van der Waals surface area contributed by atoms with Crippen molar-refractivity contribution in [1.29, 1.82) is 0 Å². The second-order valence-electron chi connectivity index (χ2n) is 4.22. The zero-order valence-corrected chi connectivity index (χ0v) is 12.5. The summed E-state index contributed by atoms with van der Waals surface area (Å²) in [5, 5.41) is 0. The molecule has 104 valence electrons. The number of nitrogen functional groups attached to an aromatic ring is 1. The fourth-order valence-corrected chi connectivity index (χ4v) is 1.91. The summed E-state index contributed by atoms with van der Waals surface area (Å²) in [7, 11) is 1.72. The largest absolute Gasteiger partial charge is 0.336 e. The van der Waals surface area contributed by atoms with Crippen LogP contribution in [-0.4, -0.2) is 27.8 Å². The average Bonchev–Trinajstić information content (AvgIpc) is 2.49. The molecule has 7 heteroatoms. The van der Waals surface area contributed by atoms with Crippen LogP contribution in [0.25, 0.3) is 0 Å². The molecule has 0 saturated heterocycles. The minimum Gasteiger partial charge on any atom is -0.336 e. The molecule has 0 aliphatic rings. The molecule has 0 fully saturated rings. The Bertz CT molecular complexity index is 585. The van der Waals surface area contributed by atoms with Crippen LogP contribution in [0.1, 0.15) is 16.1 Å². The number of amides is 1. The minimum atomic E-state index is -0.191. The van der Waals surface area contributed by atoms with Gasteiger partial charge in [-0.1, -0.05) is 28.1 Å². The molecule has 0 spiro atoms. The van der Waals surface area contributed by atoms with E-state index < -0.39 is 0 Å². The second-order valence-corrected chi connectivity index (χ2v) is 5.13. The van der Waals surface area contributed by atoms with E-state index in [0.717, 1.165) is 10.0 Å². The number of nitrogens with two attached hydrogens (primary N) is 1. The first-order valence-corrected chi connectivity index (χ1v) is 6.68. The average molecular weight is 336 g/mol. The van der Waals surface area contributed by atoms with E-state index in [-0.39, 0.29) is 11.6 Å². The molecule has 0 radical (unpaired) electrons. The number of benzene rings is 1. The molecule has 2 rings (SSSR count). The zero-order chi connectivity index (χ0) is 14.5. The molecule has 0 aliphatic carbocycles. The van der Waals surface area contributed by atoms with Crippen LogP contribution in [0, 0.1) is 0 Å². The molecule has 0 atom stereocenters. The summed E-state index contributed by atoms with van der Waals surface area (Å²) in [4.78, 5) is 21.8. The standard InChI is InChI=1S/C13H14BrN5O/c1-19(8-9-2-4-10(14)5-3-9)13(20)11-6-17-12(18-15)7-16-11/h2-7H,8,15H2,1H3,(H,17,18). The highest BCUT2D eigenvalue weighted by atomic mass is 79.9. The number of nitrogens with zero attached hydrogens (tertiary/aromatic N) is 3. The van der Waals surface area contributed by atoms with Gasteiger partial charge in [-0.25, -0.2) is 15.8 Å². The number of anilines is 1. The van der Waals surface area contributed by atoms with Crippen LogP contribution >= 0.6 is 15.9 Å². The van der Waals surface area contributed by atoms with Crippen molar-refractivity contribution in [3.63, 3.8) is 0 Å². The van der Waals surface area contributed by atoms with Gasteiger partial charge in [-0.3, -0.25) is 4.79 Å². The zero-order valence-electron chi connectivity index (χ0n) is 10.9. The van der Waals surface area contributed by atoms with Crippen LogP contribution < -0.4 is 11.3 Å². The fraction of sp³-hybridized carbons (Fsp3) is 0.154. The van der Waals surface area contributed by atoms with Crippen molar-refractivity contribution in [1.82, 2.24) is 14.9 Å². The molecule has 1 aromatic heterocycles. The molecule has 0 aliphatic heterocycles. The molecule has 0 bridgehead atoms. The van der Waals surface area contributed by atoms with E-state index in [1.165, 1.54) is 12.4 Å². The molecule has 1 heterocycles. The van der Waals surface area contributed by atoms with Gasteiger partial charge in [0.1, 0.15) is 5.69 Å². The predicted octanol–water partition coefficient (Wildman–Crippen LogP) is 1.80. The SMILES string of the molecule is CN(Cc1ccc(Br)cc1)C(=O)c1cnc(NN)cn1. The Labute approximate surface area is 125 Å². The summed E-state index contributed by atoms with van der Waals surface area (Å²) in [6.45, 7) is 0.505. The van der Waals surface area contributed by atoms with E-state index >= 15 is 0 Å². The molecular formula is C13H14BrN5O. The van der Waals surface area contributed by atoms with Crippen LogP contribution in [0.15, 0.2) is 41.1 Å². The van der Waals surface area contributed by atoms with Gasteiger partial charge in [-0.05, 0) is 17.7 Å². The van der Waals surface area contributed by atoms with E-state index in [2.05, 4.69) is 31.3 Å². The van der Waals surface area contributed by atoms with E-state index in [4.69, 9.17) is 5.84 Å². The van der Waals surface area contributed by atoms with Crippen molar-refractivity contribution < 1.29 is 4.79 Å². The van der Waals surface area contributed by atoms with Crippen molar-refractivity contribution >= 4 is 27.7 Å². The first kappa shape index (κ1) is 14.4. The van der Waals surface area contributed by atoms with Crippen molar-refractivity contribution in [2.45, 2.75) is 6.54 Å². The lowest BCUT2D eigenvalue weighted by atomic mass is 10.2. The summed E-state index contributed by atoms with van der Waals surface area (Å²) in [5.41, 5.74) is 3.68. The van der Waals surface area contributed by atoms with Crippen LogP contribution in [-0.2, 0) is 6.54 Å². The molecule has 6 nitrogen and oxygen atoms in total. The Hall–Kier alpha value is -1.99. The Morgan fingerprint density at radius 2 is 2.00 bits per heavy atom. The van der Waals surface area contributed by atoms with Gasteiger partial charge in [0.2, 0.25) is 0 Å². The van der Waals surface area contributed by atoms with Crippen molar-refractivity contribution in [3.8, 4) is 0 Å². The van der Waals surface area contributed by atoms with E-state index in [1.54, 1.807) is 11.9 Å². The van der Waals surface area contributed by atoms with Gasteiger partial charge in [0.15, 0.2) is 5.82 Å². The van der Waals surface area contributed by atoms with E-state index in [1.807, 2.05) is 24.3 Å². The normalized spacial score (nSPS) is 10.2. The van der Waals surface area contributed by atoms with Crippen LogP contribution in [0.4, 0.5) is 5.82 Å². The number of halogens is 1. The highest BCUT2D eigenvalue weighted by molar-refractivity contribution is 9.10. The van der Waals surface area contributed by atoms with Gasteiger partial charge in [-0.2, -0.15) is 0 Å². The number of rotatable bonds is 4. The first-order valence-electron chi connectivity index (χ1n) is 5.88. The Morgan fingerprint density at radius 3 is 2.55 bits per heavy atom. The van der Waals surface area contributed by atoms with Crippen molar-refractivity contribution in [2.75, 3.05) is 12.5 Å². The number of carbonyl (C=O) groups excluding carboxylic acids is 1. The van der Waals surface area contributed by atoms with Crippen LogP contribution in [0.5, 0.6) is 0 Å². The number of hydrogen-bond donors (Lipinski definition) is 2. The van der Waals surface area contributed by atoms with Crippen molar-refractivity contribution in [2.24, 2.45) is 5.84 Å². The topological polar surface area (TPSA) is 84.1 Å². The molecule has 1 aromatic carbocycles. The summed E-state index contributed by atoms with van der Waals surface area (Å²) >= 11 is 3.38. The summed E-state index contributed by atoms with van der Waals surface area (Å²) < 4.78 is 1.01. The Morgan fingerprint density at radius 1 is 1.30 bits per heavy atom. The second kappa shape index (κ2) is 6.44. The number of hydrazine groups is 1. The number of hydrogen-bond acceptors (Lipinski definition) is 5. The maximum atomic E-state index is 12.2. The van der Waals surface area contributed by atoms with Gasteiger partial charge >= 0.3 is 0 Å². The first-order chi connectivity index (χ1) is 9.60. The van der Waals surface area contributed by atoms with Gasteiger partial charge < -0.3 is 10.3 Å². The predicted molar refractivity (Wildman–Crippen MR) is 79.8 cm³/mol. The lowest BCUT2D eigenvalue weighted by Crippen LogP contribution is -2.27. The Balaban J connectivity index is 2.05. The summed E-state index contributed by atoms with van der Waals surface area (Å²) in [6.07, 6.45) is 2.82. The lowest BCUT2D eigenvalue weighted by molar-refractivity contribution is 0.0779. The van der Waals surface area contributed by atoms with Gasteiger partial charge in [0.25, 0.3) is 5.91 Å². The van der Waals surface area contributed by atoms with Crippen LogP contribution in [0.2, 0.25) is 0 Å². The molecular weight excluding hydrogens is 322 g/mol. The summed E-state index contributed by atoms with van der Waals surface area (Å²) in [6, 6.07) is 7.80. The quantitative estimate of drug-likeness (QED) is 0.657. The Kier molecular flexibility index (Phi) is 4.65. The fourth-order valence-electron chi connectivity index (χ4n) is 1.64. The molecule has 0 saturated carbocycles. The van der Waals surface area contributed by atoms with E-state index in [0.29, 0.717) is 12.4 Å². The third kappa shape index (κ3) is 3.52. The maximum absolute atomic E-state index is 12.2. The van der Waals surface area contributed by atoms with Gasteiger partial charge in [0, 0.05) is 18.1 Å².